The first-order valence-corrected chi connectivity index (χ1v) is 6.66. The normalized spacial score (nSPS) is 10.2. The minimum atomic E-state index is 0.154. The molecule has 0 amide bonds. The van der Waals surface area contributed by atoms with Crippen molar-refractivity contribution in [1.29, 1.82) is 0 Å². The highest BCUT2D eigenvalue weighted by molar-refractivity contribution is 6.28. The lowest BCUT2D eigenvalue weighted by molar-refractivity contribution is 1.02. The third-order valence-corrected chi connectivity index (χ3v) is 2.74. The molecule has 0 aliphatic rings. The summed E-state index contributed by atoms with van der Waals surface area (Å²) in [7, 11) is 3.95. The SMILES string of the molecule is CCNc1nc(Cl)nc(Nc2ccccc2N(C)C)n1. The Morgan fingerprint density at radius 3 is 2.50 bits per heavy atom. The van der Waals surface area contributed by atoms with Gasteiger partial charge in [-0.2, -0.15) is 15.0 Å². The Morgan fingerprint density at radius 2 is 1.80 bits per heavy atom. The lowest BCUT2D eigenvalue weighted by Crippen LogP contribution is -2.12. The first-order chi connectivity index (χ1) is 9.60. The number of nitrogens with one attached hydrogen (secondary N) is 2. The fourth-order valence-electron chi connectivity index (χ4n) is 1.73. The van der Waals surface area contributed by atoms with Gasteiger partial charge in [-0.3, -0.25) is 0 Å². The maximum absolute atomic E-state index is 5.90. The zero-order valence-corrected chi connectivity index (χ0v) is 12.4. The van der Waals surface area contributed by atoms with Crippen molar-refractivity contribution in [2.75, 3.05) is 36.2 Å². The van der Waals surface area contributed by atoms with Crippen LogP contribution in [0.4, 0.5) is 23.3 Å². The summed E-state index contributed by atoms with van der Waals surface area (Å²) in [4.78, 5) is 14.4. The van der Waals surface area contributed by atoms with E-state index in [1.165, 1.54) is 0 Å². The molecule has 20 heavy (non-hydrogen) atoms. The van der Waals surface area contributed by atoms with Crippen molar-refractivity contribution in [2.24, 2.45) is 0 Å². The molecule has 2 rings (SSSR count). The van der Waals surface area contributed by atoms with Gasteiger partial charge in [0.05, 0.1) is 11.4 Å². The summed E-state index contributed by atoms with van der Waals surface area (Å²) in [6, 6.07) is 7.89. The summed E-state index contributed by atoms with van der Waals surface area (Å²) in [6.07, 6.45) is 0. The van der Waals surface area contributed by atoms with Gasteiger partial charge in [-0.15, -0.1) is 0 Å². The van der Waals surface area contributed by atoms with Gasteiger partial charge in [0.15, 0.2) is 0 Å². The van der Waals surface area contributed by atoms with Crippen molar-refractivity contribution in [3.63, 3.8) is 0 Å². The molecule has 1 aromatic heterocycles. The van der Waals surface area contributed by atoms with Crippen LogP contribution in [-0.4, -0.2) is 35.6 Å². The van der Waals surface area contributed by atoms with E-state index in [2.05, 4.69) is 25.6 Å². The summed E-state index contributed by atoms with van der Waals surface area (Å²) in [6.45, 7) is 2.68. The highest BCUT2D eigenvalue weighted by Crippen LogP contribution is 2.26. The maximum Gasteiger partial charge on any atom is 0.233 e. The lowest BCUT2D eigenvalue weighted by atomic mass is 10.2. The summed E-state index contributed by atoms with van der Waals surface area (Å²) in [5, 5.41) is 6.33. The number of para-hydroxylation sites is 2. The largest absolute Gasteiger partial charge is 0.376 e. The van der Waals surface area contributed by atoms with Crippen molar-refractivity contribution in [3.05, 3.63) is 29.5 Å². The number of anilines is 4. The number of rotatable bonds is 5. The van der Waals surface area contributed by atoms with E-state index >= 15 is 0 Å². The molecule has 1 aromatic carbocycles. The van der Waals surface area contributed by atoms with E-state index in [1.807, 2.05) is 50.2 Å². The number of hydrogen-bond donors (Lipinski definition) is 2. The topological polar surface area (TPSA) is 66.0 Å². The second-order valence-electron chi connectivity index (χ2n) is 4.32. The van der Waals surface area contributed by atoms with E-state index in [9.17, 15) is 0 Å². The molecule has 6 nitrogen and oxygen atoms in total. The average molecular weight is 293 g/mol. The highest BCUT2D eigenvalue weighted by Gasteiger charge is 2.08. The zero-order chi connectivity index (χ0) is 14.5. The molecule has 0 aliphatic carbocycles. The zero-order valence-electron chi connectivity index (χ0n) is 11.7. The smallest absolute Gasteiger partial charge is 0.233 e. The second-order valence-corrected chi connectivity index (χ2v) is 4.66. The number of hydrogen-bond acceptors (Lipinski definition) is 6. The second kappa shape index (κ2) is 6.38. The van der Waals surface area contributed by atoms with Gasteiger partial charge in [0, 0.05) is 20.6 Å². The molecule has 0 saturated carbocycles. The predicted octanol–water partition coefficient (Wildman–Crippen LogP) is 2.77. The Kier molecular flexibility index (Phi) is 4.57. The van der Waals surface area contributed by atoms with E-state index in [0.29, 0.717) is 18.4 Å². The molecule has 0 radical (unpaired) electrons. The molecular weight excluding hydrogens is 276 g/mol. The van der Waals surface area contributed by atoms with Gasteiger partial charge < -0.3 is 15.5 Å². The first-order valence-electron chi connectivity index (χ1n) is 6.29. The average Bonchev–Trinajstić information content (AvgIpc) is 2.38. The van der Waals surface area contributed by atoms with Gasteiger partial charge in [-0.05, 0) is 30.7 Å². The molecule has 0 unspecified atom stereocenters. The fraction of sp³-hybridized carbons (Fsp3) is 0.308. The molecule has 0 bridgehead atoms. The van der Waals surface area contributed by atoms with Crippen molar-refractivity contribution >= 4 is 34.9 Å². The summed E-state index contributed by atoms with van der Waals surface area (Å²) >= 11 is 5.90. The van der Waals surface area contributed by atoms with Crippen LogP contribution in [0.2, 0.25) is 5.28 Å². The Labute approximate surface area is 123 Å². The third kappa shape index (κ3) is 3.48. The van der Waals surface area contributed by atoms with Crippen molar-refractivity contribution in [2.45, 2.75) is 6.92 Å². The van der Waals surface area contributed by atoms with E-state index < -0.39 is 0 Å². The lowest BCUT2D eigenvalue weighted by Gasteiger charge is -2.17. The van der Waals surface area contributed by atoms with Crippen LogP contribution in [0.25, 0.3) is 0 Å². The van der Waals surface area contributed by atoms with Crippen molar-refractivity contribution in [3.8, 4) is 0 Å². The molecule has 0 atom stereocenters. The minimum absolute atomic E-state index is 0.154. The number of aromatic nitrogens is 3. The molecule has 1 heterocycles. The Hall–Kier alpha value is -2.08. The molecular formula is C13H17ClN6. The summed E-state index contributed by atoms with van der Waals surface area (Å²) in [5.41, 5.74) is 1.94. The standard InChI is InChI=1S/C13H17ClN6/c1-4-15-12-17-11(14)18-13(19-12)16-9-7-5-6-8-10(9)20(2)3/h5-8H,4H2,1-3H3,(H2,15,16,17,18,19). The maximum atomic E-state index is 5.90. The summed E-state index contributed by atoms with van der Waals surface area (Å²) in [5.74, 6) is 0.868. The van der Waals surface area contributed by atoms with Crippen molar-refractivity contribution in [1.82, 2.24) is 15.0 Å². The fourth-order valence-corrected chi connectivity index (χ4v) is 1.89. The van der Waals surface area contributed by atoms with Crippen LogP contribution in [0.1, 0.15) is 6.92 Å². The van der Waals surface area contributed by atoms with E-state index in [4.69, 9.17) is 11.6 Å². The van der Waals surface area contributed by atoms with Gasteiger partial charge in [0.2, 0.25) is 17.2 Å². The van der Waals surface area contributed by atoms with Gasteiger partial charge in [0.25, 0.3) is 0 Å². The highest BCUT2D eigenvalue weighted by atomic mass is 35.5. The van der Waals surface area contributed by atoms with Crippen LogP contribution in [-0.2, 0) is 0 Å². The minimum Gasteiger partial charge on any atom is -0.376 e. The Morgan fingerprint density at radius 1 is 1.10 bits per heavy atom. The molecule has 0 aliphatic heterocycles. The number of halogens is 1. The predicted molar refractivity (Wildman–Crippen MR) is 83.1 cm³/mol. The molecule has 0 fully saturated rings. The first kappa shape index (κ1) is 14.3. The monoisotopic (exact) mass is 292 g/mol. The van der Waals surface area contributed by atoms with Gasteiger partial charge in [-0.25, -0.2) is 0 Å². The molecule has 7 heteroatoms. The third-order valence-electron chi connectivity index (χ3n) is 2.58. The molecule has 0 spiro atoms. The van der Waals surface area contributed by atoms with E-state index in [0.717, 1.165) is 11.4 Å². The molecule has 2 aromatic rings. The Bertz CT molecular complexity index is 587. The Balaban J connectivity index is 2.30. The molecule has 2 N–H and O–H groups in total. The van der Waals surface area contributed by atoms with Crippen LogP contribution >= 0.6 is 11.6 Å². The van der Waals surface area contributed by atoms with Gasteiger partial charge >= 0.3 is 0 Å². The van der Waals surface area contributed by atoms with Crippen LogP contribution in [0.3, 0.4) is 0 Å². The van der Waals surface area contributed by atoms with Crippen LogP contribution < -0.4 is 15.5 Å². The van der Waals surface area contributed by atoms with Gasteiger partial charge in [0.1, 0.15) is 0 Å². The van der Waals surface area contributed by atoms with Crippen LogP contribution in [0.5, 0.6) is 0 Å². The molecule has 106 valence electrons. The molecule has 0 saturated heterocycles. The number of nitrogens with zero attached hydrogens (tertiary/aromatic N) is 4. The van der Waals surface area contributed by atoms with Crippen LogP contribution in [0, 0.1) is 0 Å². The van der Waals surface area contributed by atoms with E-state index in [-0.39, 0.29) is 5.28 Å². The van der Waals surface area contributed by atoms with E-state index in [1.54, 1.807) is 0 Å². The quantitative estimate of drug-likeness (QED) is 0.883. The van der Waals surface area contributed by atoms with Gasteiger partial charge in [-0.1, -0.05) is 12.1 Å². The number of benzene rings is 1. The summed E-state index contributed by atoms with van der Waals surface area (Å²) < 4.78 is 0. The van der Waals surface area contributed by atoms with Crippen molar-refractivity contribution < 1.29 is 0 Å². The van der Waals surface area contributed by atoms with Crippen LogP contribution in [0.15, 0.2) is 24.3 Å².